The molecule has 0 unspecified atom stereocenters. The maximum Gasteiger partial charge on any atom is 0.226 e. The van der Waals surface area contributed by atoms with Crippen molar-refractivity contribution in [2.75, 3.05) is 13.1 Å². The predicted molar refractivity (Wildman–Crippen MR) is 77.8 cm³/mol. The molecule has 1 aromatic carbocycles. The van der Waals surface area contributed by atoms with Gasteiger partial charge >= 0.3 is 0 Å². The van der Waals surface area contributed by atoms with E-state index in [-0.39, 0.29) is 5.91 Å². The molecule has 0 aliphatic carbocycles. The number of hydrogen-bond donors (Lipinski definition) is 0. The minimum Gasteiger partial charge on any atom is -0.342 e. The second kappa shape index (κ2) is 6.03. The molecule has 0 saturated carbocycles. The highest BCUT2D eigenvalue weighted by Crippen LogP contribution is 2.17. The average Bonchev–Trinajstić information content (AvgIpc) is 3.03. The molecule has 3 rings (SSSR count). The molecule has 2 heterocycles. The van der Waals surface area contributed by atoms with Crippen molar-refractivity contribution in [1.29, 1.82) is 0 Å². The molecule has 21 heavy (non-hydrogen) atoms. The highest BCUT2D eigenvalue weighted by Gasteiger charge is 2.20. The third-order valence-electron chi connectivity index (χ3n) is 4.04. The van der Waals surface area contributed by atoms with E-state index in [1.807, 2.05) is 29.2 Å². The number of carbonyl (C=O) groups is 1. The molecular weight excluding hydrogens is 266 g/mol. The summed E-state index contributed by atoms with van der Waals surface area (Å²) in [5.41, 5.74) is 1.92. The summed E-state index contributed by atoms with van der Waals surface area (Å²) in [5.74, 6) is 0.960. The Bertz CT molecular complexity index is 585. The number of tetrazole rings is 1. The fraction of sp³-hybridized carbons (Fsp3) is 0.467. The standard InChI is InChI=1S/C15H19N5O/c1-12-6-8-19(9-7-12)15(21)10-13-2-4-14(5-3-13)20-11-16-17-18-20/h2-5,11-12H,6-10H2,1H3. The van der Waals surface area contributed by atoms with Gasteiger partial charge in [0.1, 0.15) is 6.33 Å². The number of hydrogen-bond acceptors (Lipinski definition) is 4. The maximum atomic E-state index is 12.3. The van der Waals surface area contributed by atoms with Crippen molar-refractivity contribution in [3.8, 4) is 5.69 Å². The Labute approximate surface area is 123 Å². The van der Waals surface area contributed by atoms with Crippen LogP contribution in [-0.2, 0) is 11.2 Å². The Balaban J connectivity index is 1.61. The minimum absolute atomic E-state index is 0.220. The van der Waals surface area contributed by atoms with Crippen molar-refractivity contribution in [3.05, 3.63) is 36.2 Å². The van der Waals surface area contributed by atoms with Crippen LogP contribution in [-0.4, -0.2) is 44.1 Å². The van der Waals surface area contributed by atoms with Crippen LogP contribution in [0.3, 0.4) is 0 Å². The van der Waals surface area contributed by atoms with Crippen LogP contribution in [0.4, 0.5) is 0 Å². The Hall–Kier alpha value is -2.24. The smallest absolute Gasteiger partial charge is 0.226 e. The van der Waals surface area contributed by atoms with Crippen LogP contribution in [0.2, 0.25) is 0 Å². The van der Waals surface area contributed by atoms with Gasteiger partial charge in [-0.2, -0.15) is 0 Å². The molecule has 1 amide bonds. The molecule has 1 saturated heterocycles. The fourth-order valence-corrected chi connectivity index (χ4v) is 2.59. The van der Waals surface area contributed by atoms with Crippen molar-refractivity contribution in [1.82, 2.24) is 25.1 Å². The molecule has 0 bridgehead atoms. The lowest BCUT2D eigenvalue weighted by molar-refractivity contribution is -0.131. The average molecular weight is 285 g/mol. The normalized spacial score (nSPS) is 16.1. The number of benzene rings is 1. The Kier molecular flexibility index (Phi) is 3.94. The van der Waals surface area contributed by atoms with Crippen LogP contribution >= 0.6 is 0 Å². The van der Waals surface area contributed by atoms with E-state index in [0.29, 0.717) is 6.42 Å². The third-order valence-corrected chi connectivity index (χ3v) is 4.04. The van der Waals surface area contributed by atoms with Crippen LogP contribution in [0, 0.1) is 5.92 Å². The van der Waals surface area contributed by atoms with E-state index in [0.717, 1.165) is 43.1 Å². The third kappa shape index (κ3) is 3.26. The molecule has 1 aromatic heterocycles. The first kappa shape index (κ1) is 13.7. The van der Waals surface area contributed by atoms with Crippen LogP contribution in [0.15, 0.2) is 30.6 Å². The lowest BCUT2D eigenvalue weighted by atomic mass is 9.98. The second-order valence-electron chi connectivity index (χ2n) is 5.66. The van der Waals surface area contributed by atoms with E-state index in [2.05, 4.69) is 22.4 Å². The summed E-state index contributed by atoms with van der Waals surface area (Å²) >= 11 is 0. The SMILES string of the molecule is CC1CCN(C(=O)Cc2ccc(-n3cnnn3)cc2)CC1. The van der Waals surface area contributed by atoms with Crippen LogP contribution in [0.5, 0.6) is 0 Å². The van der Waals surface area contributed by atoms with Gasteiger partial charge in [-0.1, -0.05) is 19.1 Å². The molecule has 0 atom stereocenters. The molecule has 2 aromatic rings. The zero-order chi connectivity index (χ0) is 14.7. The zero-order valence-electron chi connectivity index (χ0n) is 12.1. The summed E-state index contributed by atoms with van der Waals surface area (Å²) in [6, 6.07) is 7.78. The van der Waals surface area contributed by atoms with Crippen LogP contribution < -0.4 is 0 Å². The summed E-state index contributed by atoms with van der Waals surface area (Å²) in [7, 11) is 0. The summed E-state index contributed by atoms with van der Waals surface area (Å²) in [6.07, 6.45) is 4.24. The summed E-state index contributed by atoms with van der Waals surface area (Å²) in [4.78, 5) is 14.3. The van der Waals surface area contributed by atoms with Gasteiger partial charge in [0.15, 0.2) is 0 Å². The number of aromatic nitrogens is 4. The first-order valence-corrected chi connectivity index (χ1v) is 7.32. The first-order valence-electron chi connectivity index (χ1n) is 7.32. The fourth-order valence-electron chi connectivity index (χ4n) is 2.59. The highest BCUT2D eigenvalue weighted by atomic mass is 16.2. The molecular formula is C15H19N5O. The van der Waals surface area contributed by atoms with Gasteiger partial charge in [0, 0.05) is 13.1 Å². The number of piperidine rings is 1. The van der Waals surface area contributed by atoms with Gasteiger partial charge in [-0.3, -0.25) is 4.79 Å². The lowest BCUT2D eigenvalue weighted by Gasteiger charge is -2.30. The molecule has 0 radical (unpaired) electrons. The number of nitrogens with zero attached hydrogens (tertiary/aromatic N) is 5. The van der Waals surface area contributed by atoms with Crippen molar-refractivity contribution < 1.29 is 4.79 Å². The molecule has 1 fully saturated rings. The number of rotatable bonds is 3. The van der Waals surface area contributed by atoms with E-state index in [1.165, 1.54) is 0 Å². The van der Waals surface area contributed by atoms with Gasteiger partial charge in [-0.25, -0.2) is 4.68 Å². The minimum atomic E-state index is 0.220. The quantitative estimate of drug-likeness (QED) is 0.856. The van der Waals surface area contributed by atoms with Crippen molar-refractivity contribution in [3.63, 3.8) is 0 Å². The van der Waals surface area contributed by atoms with Gasteiger partial charge in [0.05, 0.1) is 12.1 Å². The number of amides is 1. The van der Waals surface area contributed by atoms with Gasteiger partial charge in [0.2, 0.25) is 5.91 Å². The lowest BCUT2D eigenvalue weighted by Crippen LogP contribution is -2.38. The number of likely N-dealkylation sites (tertiary alicyclic amines) is 1. The Morgan fingerprint density at radius 2 is 1.95 bits per heavy atom. The van der Waals surface area contributed by atoms with E-state index in [1.54, 1.807) is 11.0 Å². The van der Waals surface area contributed by atoms with Crippen LogP contribution in [0.25, 0.3) is 5.69 Å². The van der Waals surface area contributed by atoms with E-state index in [9.17, 15) is 4.79 Å². The van der Waals surface area contributed by atoms with E-state index >= 15 is 0 Å². The Morgan fingerprint density at radius 1 is 1.24 bits per heavy atom. The zero-order valence-corrected chi connectivity index (χ0v) is 12.1. The molecule has 6 heteroatoms. The summed E-state index contributed by atoms with van der Waals surface area (Å²) in [5, 5.41) is 11.1. The molecule has 0 N–H and O–H groups in total. The van der Waals surface area contributed by atoms with Crippen molar-refractivity contribution in [2.24, 2.45) is 5.92 Å². The number of carbonyl (C=O) groups excluding carboxylic acids is 1. The molecule has 1 aliphatic heterocycles. The van der Waals surface area contributed by atoms with Gasteiger partial charge in [-0.15, -0.1) is 5.10 Å². The summed E-state index contributed by atoms with van der Waals surface area (Å²) in [6.45, 7) is 4.03. The van der Waals surface area contributed by atoms with Gasteiger partial charge in [-0.05, 0) is 46.9 Å². The molecule has 0 spiro atoms. The highest BCUT2D eigenvalue weighted by molar-refractivity contribution is 5.78. The Morgan fingerprint density at radius 3 is 2.57 bits per heavy atom. The maximum absolute atomic E-state index is 12.3. The monoisotopic (exact) mass is 285 g/mol. The molecule has 6 nitrogen and oxygen atoms in total. The van der Waals surface area contributed by atoms with Gasteiger partial charge < -0.3 is 4.90 Å². The topological polar surface area (TPSA) is 63.9 Å². The van der Waals surface area contributed by atoms with E-state index < -0.39 is 0 Å². The predicted octanol–water partition coefficient (Wildman–Crippen LogP) is 1.46. The van der Waals surface area contributed by atoms with Crippen molar-refractivity contribution >= 4 is 5.91 Å². The largest absolute Gasteiger partial charge is 0.342 e. The van der Waals surface area contributed by atoms with Crippen molar-refractivity contribution in [2.45, 2.75) is 26.2 Å². The molecule has 110 valence electrons. The second-order valence-corrected chi connectivity index (χ2v) is 5.66. The summed E-state index contributed by atoms with van der Waals surface area (Å²) < 4.78 is 1.59. The van der Waals surface area contributed by atoms with Crippen LogP contribution in [0.1, 0.15) is 25.3 Å². The molecule has 1 aliphatic rings. The van der Waals surface area contributed by atoms with Gasteiger partial charge in [0.25, 0.3) is 0 Å². The van der Waals surface area contributed by atoms with E-state index in [4.69, 9.17) is 0 Å². The first-order chi connectivity index (χ1) is 10.2.